The number of aromatic nitrogens is 2. The third kappa shape index (κ3) is 3.64. The van der Waals surface area contributed by atoms with E-state index in [1.807, 2.05) is 18.3 Å². The molecule has 2 aromatic heterocycles. The molecule has 3 heterocycles. The molecule has 0 saturated carbocycles. The van der Waals surface area contributed by atoms with Crippen LogP contribution in [0.5, 0.6) is 0 Å². The smallest absolute Gasteiger partial charge is 0.147 e. The Bertz CT molecular complexity index is 598. The van der Waals surface area contributed by atoms with Crippen LogP contribution in [-0.4, -0.2) is 41.0 Å². The second-order valence-corrected chi connectivity index (χ2v) is 5.89. The number of nitrogens with zero attached hydrogens (tertiary/aromatic N) is 4. The number of halogens is 2. The van der Waals surface area contributed by atoms with E-state index in [2.05, 4.69) is 25.8 Å². The van der Waals surface area contributed by atoms with Crippen molar-refractivity contribution in [2.75, 3.05) is 31.1 Å². The lowest BCUT2D eigenvalue weighted by atomic mass is 10.2. The highest BCUT2D eigenvalue weighted by Crippen LogP contribution is 2.26. The number of hydrogen-bond acceptors (Lipinski definition) is 4. The maximum atomic E-state index is 6.22. The quantitative estimate of drug-likeness (QED) is 0.869. The summed E-state index contributed by atoms with van der Waals surface area (Å²) in [4.78, 5) is 13.3. The first-order valence-corrected chi connectivity index (χ1v) is 7.66. The van der Waals surface area contributed by atoms with Crippen LogP contribution in [0.3, 0.4) is 0 Å². The van der Waals surface area contributed by atoms with E-state index in [0.717, 1.165) is 44.2 Å². The van der Waals surface area contributed by atoms with Gasteiger partial charge in [-0.1, -0.05) is 29.3 Å². The molecule has 21 heavy (non-hydrogen) atoms. The summed E-state index contributed by atoms with van der Waals surface area (Å²) in [5.74, 6) is 0.818. The van der Waals surface area contributed by atoms with Gasteiger partial charge in [-0.2, -0.15) is 0 Å². The molecule has 0 atom stereocenters. The van der Waals surface area contributed by atoms with Gasteiger partial charge in [-0.25, -0.2) is 4.98 Å². The second kappa shape index (κ2) is 6.60. The molecular weight excluding hydrogens is 307 g/mol. The Morgan fingerprint density at radius 3 is 2.52 bits per heavy atom. The topological polar surface area (TPSA) is 32.3 Å². The van der Waals surface area contributed by atoms with Crippen LogP contribution < -0.4 is 4.90 Å². The molecule has 0 unspecified atom stereocenters. The average Bonchev–Trinajstić information content (AvgIpc) is 2.49. The van der Waals surface area contributed by atoms with Gasteiger partial charge in [0.2, 0.25) is 0 Å². The molecule has 0 N–H and O–H groups in total. The first-order chi connectivity index (χ1) is 10.2. The summed E-state index contributed by atoms with van der Waals surface area (Å²) in [6, 6.07) is 7.77. The van der Waals surface area contributed by atoms with Crippen molar-refractivity contribution in [3.05, 3.63) is 52.4 Å². The van der Waals surface area contributed by atoms with Crippen LogP contribution in [0.25, 0.3) is 0 Å². The van der Waals surface area contributed by atoms with E-state index in [4.69, 9.17) is 23.2 Å². The molecule has 0 aliphatic carbocycles. The van der Waals surface area contributed by atoms with Crippen LogP contribution in [0.4, 0.5) is 5.82 Å². The van der Waals surface area contributed by atoms with E-state index in [9.17, 15) is 0 Å². The lowest BCUT2D eigenvalue weighted by molar-refractivity contribution is 0.246. The third-order valence-electron chi connectivity index (χ3n) is 3.57. The van der Waals surface area contributed by atoms with E-state index in [-0.39, 0.29) is 0 Å². The van der Waals surface area contributed by atoms with Gasteiger partial charge < -0.3 is 4.90 Å². The number of hydrogen-bond donors (Lipinski definition) is 0. The lowest BCUT2D eigenvalue weighted by Gasteiger charge is -2.35. The molecule has 1 aliphatic rings. The molecule has 1 saturated heterocycles. The van der Waals surface area contributed by atoms with Crippen LogP contribution in [-0.2, 0) is 6.54 Å². The van der Waals surface area contributed by atoms with Crippen LogP contribution in [0.2, 0.25) is 10.0 Å². The fraction of sp³-hybridized carbons (Fsp3) is 0.333. The Hall–Kier alpha value is -1.36. The minimum atomic E-state index is 0.567. The summed E-state index contributed by atoms with van der Waals surface area (Å²) < 4.78 is 0. The zero-order chi connectivity index (χ0) is 14.7. The first-order valence-electron chi connectivity index (χ1n) is 6.90. The standard InChI is InChI=1S/C15H16Cl2N4/c16-12-9-14(17)15(19-10-12)21-7-5-20(6-8-21)11-13-3-1-2-4-18-13/h1-4,9-10H,5-8,11H2. The van der Waals surface area contributed by atoms with Crippen molar-refractivity contribution in [3.8, 4) is 0 Å². The molecular formula is C15H16Cl2N4. The maximum Gasteiger partial charge on any atom is 0.147 e. The zero-order valence-electron chi connectivity index (χ0n) is 11.5. The number of anilines is 1. The van der Waals surface area contributed by atoms with E-state index in [1.54, 1.807) is 12.3 Å². The lowest BCUT2D eigenvalue weighted by Crippen LogP contribution is -2.46. The van der Waals surface area contributed by atoms with Gasteiger partial charge in [-0.3, -0.25) is 9.88 Å². The molecule has 1 fully saturated rings. The van der Waals surface area contributed by atoms with E-state index < -0.39 is 0 Å². The molecule has 0 aromatic carbocycles. The first kappa shape index (κ1) is 14.6. The minimum absolute atomic E-state index is 0.567. The Kier molecular flexibility index (Phi) is 4.58. The molecule has 0 bridgehead atoms. The fourth-order valence-corrected chi connectivity index (χ4v) is 2.98. The van der Waals surface area contributed by atoms with Gasteiger partial charge in [0.05, 0.1) is 15.7 Å². The summed E-state index contributed by atoms with van der Waals surface area (Å²) in [6.07, 6.45) is 3.48. The van der Waals surface area contributed by atoms with Crippen molar-refractivity contribution in [2.45, 2.75) is 6.54 Å². The predicted octanol–water partition coefficient (Wildman–Crippen LogP) is 3.11. The van der Waals surface area contributed by atoms with Crippen LogP contribution in [0.15, 0.2) is 36.7 Å². The summed E-state index contributed by atoms with van der Waals surface area (Å²) in [5.41, 5.74) is 1.11. The van der Waals surface area contributed by atoms with Crippen LogP contribution in [0, 0.1) is 0 Å². The van der Waals surface area contributed by atoms with Gasteiger partial charge in [0, 0.05) is 45.1 Å². The fourth-order valence-electron chi connectivity index (χ4n) is 2.48. The molecule has 0 spiro atoms. The zero-order valence-corrected chi connectivity index (χ0v) is 13.1. The Morgan fingerprint density at radius 2 is 1.86 bits per heavy atom. The number of pyridine rings is 2. The molecule has 2 aromatic rings. The molecule has 110 valence electrons. The Labute approximate surface area is 134 Å². The van der Waals surface area contributed by atoms with E-state index in [0.29, 0.717) is 10.0 Å². The summed E-state index contributed by atoms with van der Waals surface area (Å²) >= 11 is 12.1. The predicted molar refractivity (Wildman–Crippen MR) is 86.0 cm³/mol. The monoisotopic (exact) mass is 322 g/mol. The van der Waals surface area contributed by atoms with Crippen LogP contribution in [0.1, 0.15) is 5.69 Å². The van der Waals surface area contributed by atoms with Gasteiger partial charge >= 0.3 is 0 Å². The van der Waals surface area contributed by atoms with Crippen molar-refractivity contribution >= 4 is 29.0 Å². The molecule has 3 rings (SSSR count). The van der Waals surface area contributed by atoms with Crippen molar-refractivity contribution in [3.63, 3.8) is 0 Å². The summed E-state index contributed by atoms with van der Waals surface area (Å²) in [7, 11) is 0. The normalized spacial score (nSPS) is 16.2. The largest absolute Gasteiger partial charge is 0.353 e. The van der Waals surface area contributed by atoms with Crippen molar-refractivity contribution in [1.82, 2.24) is 14.9 Å². The van der Waals surface area contributed by atoms with Crippen molar-refractivity contribution < 1.29 is 0 Å². The molecule has 1 aliphatic heterocycles. The average molecular weight is 323 g/mol. The molecule has 0 amide bonds. The highest BCUT2D eigenvalue weighted by Gasteiger charge is 2.20. The van der Waals surface area contributed by atoms with Gasteiger partial charge in [0.15, 0.2) is 0 Å². The Balaban J connectivity index is 1.60. The van der Waals surface area contributed by atoms with Crippen molar-refractivity contribution in [1.29, 1.82) is 0 Å². The highest BCUT2D eigenvalue weighted by molar-refractivity contribution is 6.36. The number of piperazine rings is 1. The van der Waals surface area contributed by atoms with Gasteiger partial charge in [0.1, 0.15) is 5.82 Å². The van der Waals surface area contributed by atoms with E-state index in [1.165, 1.54) is 0 Å². The third-order valence-corrected chi connectivity index (χ3v) is 4.06. The van der Waals surface area contributed by atoms with E-state index >= 15 is 0 Å². The SMILES string of the molecule is Clc1cnc(N2CCN(Cc3ccccn3)CC2)c(Cl)c1. The van der Waals surface area contributed by atoms with Gasteiger partial charge in [-0.05, 0) is 18.2 Å². The summed E-state index contributed by atoms with van der Waals surface area (Å²) in [6.45, 7) is 4.63. The van der Waals surface area contributed by atoms with Gasteiger partial charge in [0.25, 0.3) is 0 Å². The molecule has 6 heteroatoms. The molecule has 4 nitrogen and oxygen atoms in total. The maximum absolute atomic E-state index is 6.22. The molecule has 0 radical (unpaired) electrons. The number of rotatable bonds is 3. The van der Waals surface area contributed by atoms with Crippen LogP contribution >= 0.6 is 23.2 Å². The minimum Gasteiger partial charge on any atom is -0.353 e. The Morgan fingerprint density at radius 1 is 1.05 bits per heavy atom. The van der Waals surface area contributed by atoms with Crippen molar-refractivity contribution in [2.24, 2.45) is 0 Å². The summed E-state index contributed by atoms with van der Waals surface area (Å²) in [5, 5.41) is 1.18. The highest BCUT2D eigenvalue weighted by atomic mass is 35.5. The van der Waals surface area contributed by atoms with Gasteiger partial charge in [-0.15, -0.1) is 0 Å². The second-order valence-electron chi connectivity index (χ2n) is 5.04.